The van der Waals surface area contributed by atoms with E-state index in [1.807, 2.05) is 30.5 Å². The summed E-state index contributed by atoms with van der Waals surface area (Å²) in [4.78, 5) is 5.38. The molecule has 1 heterocycles. The van der Waals surface area contributed by atoms with E-state index in [1.165, 1.54) is 0 Å². The van der Waals surface area contributed by atoms with Crippen LogP contribution in [0.5, 0.6) is 0 Å². The van der Waals surface area contributed by atoms with Crippen LogP contribution in [-0.2, 0) is 15.8 Å². The molecule has 2 aromatic carbocycles. The molecule has 0 amide bonds. The van der Waals surface area contributed by atoms with Crippen molar-refractivity contribution in [2.24, 2.45) is 0 Å². The Hall–Kier alpha value is -1.83. The lowest BCUT2D eigenvalue weighted by Crippen LogP contribution is -2.12. The van der Waals surface area contributed by atoms with Crippen molar-refractivity contribution in [1.82, 2.24) is 4.98 Å². The van der Waals surface area contributed by atoms with Crippen LogP contribution < -0.4 is 4.72 Å². The van der Waals surface area contributed by atoms with Gasteiger partial charge in [0.2, 0.25) is 0 Å². The van der Waals surface area contributed by atoms with Crippen LogP contribution in [0.3, 0.4) is 0 Å². The van der Waals surface area contributed by atoms with Crippen LogP contribution in [-0.4, -0.2) is 13.4 Å². The monoisotopic (exact) mass is 434 g/mol. The summed E-state index contributed by atoms with van der Waals surface area (Å²) in [6.07, 6.45) is 3.59. The van der Waals surface area contributed by atoms with Gasteiger partial charge in [0.05, 0.1) is 4.90 Å². The first-order valence-corrected chi connectivity index (χ1v) is 10.7. The Kier molecular flexibility index (Phi) is 5.78. The maximum atomic E-state index is 12.4. The second kappa shape index (κ2) is 8.03. The molecule has 0 unspecified atom stereocenters. The van der Waals surface area contributed by atoms with Gasteiger partial charge in [-0.15, -0.1) is 11.8 Å². The number of thioether (sulfide) groups is 1. The Morgan fingerprint density at radius 2 is 1.84 bits per heavy atom. The molecular weight excluding hydrogens is 420 g/mol. The Bertz CT molecular complexity index is 946. The van der Waals surface area contributed by atoms with Crippen LogP contribution in [0, 0.1) is 0 Å². The first kappa shape index (κ1) is 18.0. The molecule has 128 valence electrons. The summed E-state index contributed by atoms with van der Waals surface area (Å²) in [7, 11) is -3.60. The number of hydrogen-bond donors (Lipinski definition) is 1. The summed E-state index contributed by atoms with van der Waals surface area (Å²) in [6, 6.07) is 17.9. The van der Waals surface area contributed by atoms with E-state index in [9.17, 15) is 8.42 Å². The summed E-state index contributed by atoms with van der Waals surface area (Å²) < 4.78 is 28.1. The predicted molar refractivity (Wildman–Crippen MR) is 105 cm³/mol. The molecule has 0 aliphatic carbocycles. The van der Waals surface area contributed by atoms with Crippen LogP contribution in [0.25, 0.3) is 0 Å². The Morgan fingerprint density at radius 1 is 1.04 bits per heavy atom. The smallest absolute Gasteiger partial charge is 0.261 e. The summed E-state index contributed by atoms with van der Waals surface area (Å²) in [6.45, 7) is 0. The maximum Gasteiger partial charge on any atom is 0.261 e. The Labute approximate surface area is 159 Å². The molecule has 0 fully saturated rings. The number of anilines is 1. The van der Waals surface area contributed by atoms with Crippen LogP contribution >= 0.6 is 27.7 Å². The van der Waals surface area contributed by atoms with Crippen molar-refractivity contribution in [2.45, 2.75) is 15.5 Å². The average Bonchev–Trinajstić information content (AvgIpc) is 2.62. The number of sulfonamides is 1. The third-order valence-electron chi connectivity index (χ3n) is 3.34. The van der Waals surface area contributed by atoms with Gasteiger partial charge in [0.25, 0.3) is 10.0 Å². The lowest BCUT2D eigenvalue weighted by atomic mass is 10.3. The molecule has 1 aromatic heterocycles. The standard InChI is InChI=1S/C18H15BrN2O2S2/c19-15-4-1-5-18(11-15)25(22,23)21-16-6-8-17(9-7-16)24-13-14-3-2-10-20-12-14/h1-12,21H,13H2. The predicted octanol–water partition coefficient (Wildman–Crippen LogP) is 4.94. The van der Waals surface area contributed by atoms with Crippen molar-refractivity contribution in [3.63, 3.8) is 0 Å². The topological polar surface area (TPSA) is 59.1 Å². The van der Waals surface area contributed by atoms with Gasteiger partial charge in [0, 0.05) is 33.2 Å². The van der Waals surface area contributed by atoms with Crippen molar-refractivity contribution in [1.29, 1.82) is 0 Å². The quantitative estimate of drug-likeness (QED) is 0.558. The highest BCUT2D eigenvalue weighted by Crippen LogP contribution is 2.25. The fourth-order valence-corrected chi connectivity index (χ4v) is 4.61. The highest BCUT2D eigenvalue weighted by atomic mass is 79.9. The van der Waals surface area contributed by atoms with Gasteiger partial charge in [-0.25, -0.2) is 8.42 Å². The summed E-state index contributed by atoms with van der Waals surface area (Å²) in [5, 5.41) is 0. The van der Waals surface area contributed by atoms with E-state index < -0.39 is 10.0 Å². The fraction of sp³-hybridized carbons (Fsp3) is 0.0556. The van der Waals surface area contributed by atoms with Gasteiger partial charge in [0.15, 0.2) is 0 Å². The molecule has 7 heteroatoms. The van der Waals surface area contributed by atoms with Gasteiger partial charge in [-0.1, -0.05) is 28.1 Å². The molecule has 0 saturated carbocycles. The number of pyridine rings is 1. The number of nitrogens with zero attached hydrogens (tertiary/aromatic N) is 1. The Morgan fingerprint density at radius 3 is 2.52 bits per heavy atom. The SMILES string of the molecule is O=S(=O)(Nc1ccc(SCc2cccnc2)cc1)c1cccc(Br)c1. The second-order valence-corrected chi connectivity index (χ2v) is 8.88. The largest absolute Gasteiger partial charge is 0.280 e. The minimum atomic E-state index is -3.60. The van der Waals surface area contributed by atoms with Gasteiger partial charge in [-0.3, -0.25) is 9.71 Å². The summed E-state index contributed by atoms with van der Waals surface area (Å²) in [5.41, 5.74) is 1.68. The van der Waals surface area contributed by atoms with E-state index in [0.29, 0.717) is 5.69 Å². The van der Waals surface area contributed by atoms with E-state index in [4.69, 9.17) is 0 Å². The molecule has 1 N–H and O–H groups in total. The van der Waals surface area contributed by atoms with Gasteiger partial charge in [-0.05, 0) is 54.1 Å². The molecular formula is C18H15BrN2O2S2. The minimum absolute atomic E-state index is 0.219. The zero-order valence-corrected chi connectivity index (χ0v) is 16.3. The summed E-state index contributed by atoms with van der Waals surface area (Å²) in [5.74, 6) is 0.816. The molecule has 0 aliphatic rings. The zero-order chi connectivity index (χ0) is 17.7. The molecule has 0 bridgehead atoms. The minimum Gasteiger partial charge on any atom is -0.280 e. The molecule has 0 aliphatic heterocycles. The van der Waals surface area contributed by atoms with Crippen molar-refractivity contribution < 1.29 is 8.42 Å². The van der Waals surface area contributed by atoms with Gasteiger partial charge in [-0.2, -0.15) is 0 Å². The van der Waals surface area contributed by atoms with Crippen LogP contribution in [0.4, 0.5) is 5.69 Å². The molecule has 4 nitrogen and oxygen atoms in total. The molecule has 0 atom stereocenters. The van der Waals surface area contributed by atoms with E-state index in [0.717, 1.165) is 20.7 Å². The van der Waals surface area contributed by atoms with Crippen molar-refractivity contribution in [2.75, 3.05) is 4.72 Å². The van der Waals surface area contributed by atoms with E-state index in [1.54, 1.807) is 54.4 Å². The van der Waals surface area contributed by atoms with Crippen LogP contribution in [0.2, 0.25) is 0 Å². The number of halogens is 1. The lowest BCUT2D eigenvalue weighted by Gasteiger charge is -2.09. The molecule has 0 saturated heterocycles. The van der Waals surface area contributed by atoms with Gasteiger partial charge in [0.1, 0.15) is 0 Å². The van der Waals surface area contributed by atoms with E-state index in [-0.39, 0.29) is 4.90 Å². The van der Waals surface area contributed by atoms with E-state index >= 15 is 0 Å². The number of benzene rings is 2. The first-order chi connectivity index (χ1) is 12.0. The van der Waals surface area contributed by atoms with Crippen molar-refractivity contribution in [3.05, 3.63) is 83.1 Å². The van der Waals surface area contributed by atoms with Crippen LogP contribution in [0.15, 0.2) is 87.3 Å². The van der Waals surface area contributed by atoms with Crippen LogP contribution in [0.1, 0.15) is 5.56 Å². The molecule has 0 spiro atoms. The third-order valence-corrected chi connectivity index (χ3v) is 6.30. The number of nitrogens with one attached hydrogen (secondary N) is 1. The molecule has 3 rings (SSSR count). The highest BCUT2D eigenvalue weighted by Gasteiger charge is 2.14. The molecule has 0 radical (unpaired) electrons. The van der Waals surface area contributed by atoms with Crippen molar-refractivity contribution >= 4 is 43.4 Å². The highest BCUT2D eigenvalue weighted by molar-refractivity contribution is 9.10. The molecule has 3 aromatic rings. The third kappa shape index (κ3) is 5.07. The van der Waals surface area contributed by atoms with Crippen molar-refractivity contribution in [3.8, 4) is 0 Å². The lowest BCUT2D eigenvalue weighted by molar-refractivity contribution is 0.601. The number of aromatic nitrogens is 1. The number of rotatable bonds is 6. The van der Waals surface area contributed by atoms with Gasteiger partial charge >= 0.3 is 0 Å². The normalized spacial score (nSPS) is 11.2. The maximum absolute atomic E-state index is 12.4. The summed E-state index contributed by atoms with van der Waals surface area (Å²) >= 11 is 4.96. The number of hydrogen-bond acceptors (Lipinski definition) is 4. The fourth-order valence-electron chi connectivity index (χ4n) is 2.12. The average molecular weight is 435 g/mol. The van der Waals surface area contributed by atoms with Gasteiger partial charge < -0.3 is 0 Å². The zero-order valence-electron chi connectivity index (χ0n) is 13.1. The molecule has 25 heavy (non-hydrogen) atoms. The Balaban J connectivity index is 1.66. The first-order valence-electron chi connectivity index (χ1n) is 7.43. The van der Waals surface area contributed by atoms with E-state index in [2.05, 4.69) is 25.6 Å². The second-order valence-electron chi connectivity index (χ2n) is 5.24.